The van der Waals surface area contributed by atoms with Crippen molar-refractivity contribution in [3.8, 4) is 5.75 Å². The van der Waals surface area contributed by atoms with Crippen molar-refractivity contribution in [1.29, 1.82) is 0 Å². The Hall–Kier alpha value is -1.30. The van der Waals surface area contributed by atoms with Crippen molar-refractivity contribution in [2.24, 2.45) is 0 Å². The molecule has 21 heavy (non-hydrogen) atoms. The number of carbonyl (C=O) groups excluding carboxylic acids is 1. The number of rotatable bonds is 3. The Balaban J connectivity index is 0.00000220. The van der Waals surface area contributed by atoms with Gasteiger partial charge in [-0.1, -0.05) is 12.1 Å². The molecular formula is C15H23ClN2O3. The number of para-hydroxylation sites is 2. The van der Waals surface area contributed by atoms with Crippen molar-refractivity contribution >= 4 is 24.0 Å². The number of amides is 1. The summed E-state index contributed by atoms with van der Waals surface area (Å²) < 4.78 is 11.3. The molecule has 1 aliphatic heterocycles. The van der Waals surface area contributed by atoms with Crippen LogP contribution < -0.4 is 15.4 Å². The maximum absolute atomic E-state index is 12.2. The summed E-state index contributed by atoms with van der Waals surface area (Å²) in [6, 6.07) is 7.43. The summed E-state index contributed by atoms with van der Waals surface area (Å²) in [6.45, 7) is 7.79. The van der Waals surface area contributed by atoms with E-state index >= 15 is 0 Å². The molecule has 1 saturated heterocycles. The van der Waals surface area contributed by atoms with Crippen LogP contribution in [-0.2, 0) is 9.53 Å². The highest BCUT2D eigenvalue weighted by atomic mass is 35.5. The predicted octanol–water partition coefficient (Wildman–Crippen LogP) is 2.21. The first-order chi connectivity index (χ1) is 9.46. The smallest absolute Gasteiger partial charge is 0.254 e. The number of anilines is 1. The summed E-state index contributed by atoms with van der Waals surface area (Å²) in [7, 11) is 0. The molecule has 0 saturated carbocycles. The second-order valence-electron chi connectivity index (χ2n) is 5.76. The van der Waals surface area contributed by atoms with Gasteiger partial charge >= 0.3 is 0 Å². The van der Waals surface area contributed by atoms with Crippen molar-refractivity contribution in [2.45, 2.75) is 32.5 Å². The van der Waals surface area contributed by atoms with Gasteiger partial charge in [0.1, 0.15) is 17.5 Å². The molecule has 6 heteroatoms. The van der Waals surface area contributed by atoms with E-state index in [9.17, 15) is 4.79 Å². The quantitative estimate of drug-likeness (QED) is 0.898. The van der Waals surface area contributed by atoms with E-state index in [0.717, 1.165) is 6.54 Å². The van der Waals surface area contributed by atoms with Crippen molar-refractivity contribution in [3.05, 3.63) is 24.3 Å². The lowest BCUT2D eigenvalue weighted by Crippen LogP contribution is -2.45. The SMILES string of the molecule is CC(C)(C)Oc1ccccc1NC(=O)C1CNCCO1.Cl. The zero-order valence-electron chi connectivity index (χ0n) is 12.6. The first kappa shape index (κ1) is 17.8. The molecule has 1 aromatic rings. The lowest BCUT2D eigenvalue weighted by Gasteiger charge is -2.25. The molecule has 0 aliphatic carbocycles. The number of carbonyl (C=O) groups is 1. The van der Waals surface area contributed by atoms with Crippen molar-refractivity contribution in [2.75, 3.05) is 25.0 Å². The summed E-state index contributed by atoms with van der Waals surface area (Å²) >= 11 is 0. The number of benzene rings is 1. The standard InChI is InChI=1S/C15H22N2O3.ClH/c1-15(2,3)20-12-7-5-4-6-11(12)17-14(18)13-10-16-8-9-19-13;/h4-7,13,16H,8-10H2,1-3H3,(H,17,18);1H. The van der Waals surface area contributed by atoms with Crippen molar-refractivity contribution in [3.63, 3.8) is 0 Å². The normalized spacial score (nSPS) is 18.5. The number of nitrogens with one attached hydrogen (secondary N) is 2. The number of hydrogen-bond donors (Lipinski definition) is 2. The average Bonchev–Trinajstić information content (AvgIpc) is 2.40. The van der Waals surface area contributed by atoms with E-state index in [-0.39, 0.29) is 23.9 Å². The summed E-state index contributed by atoms with van der Waals surface area (Å²) in [5.41, 5.74) is 0.352. The van der Waals surface area contributed by atoms with Gasteiger partial charge in [0.15, 0.2) is 0 Å². The molecule has 0 aromatic heterocycles. The van der Waals surface area contributed by atoms with E-state index in [4.69, 9.17) is 9.47 Å². The van der Waals surface area contributed by atoms with Gasteiger partial charge in [-0.05, 0) is 32.9 Å². The summed E-state index contributed by atoms with van der Waals surface area (Å²) in [6.07, 6.45) is -0.452. The zero-order chi connectivity index (χ0) is 14.6. The van der Waals surface area contributed by atoms with E-state index in [0.29, 0.717) is 24.6 Å². The number of hydrogen-bond acceptors (Lipinski definition) is 4. The Kier molecular flexibility index (Phi) is 6.45. The Morgan fingerprint density at radius 3 is 2.71 bits per heavy atom. The van der Waals surface area contributed by atoms with E-state index in [2.05, 4.69) is 10.6 Å². The zero-order valence-corrected chi connectivity index (χ0v) is 13.5. The maximum Gasteiger partial charge on any atom is 0.254 e. The third-order valence-corrected chi connectivity index (χ3v) is 2.78. The molecule has 1 aromatic carbocycles. The van der Waals surface area contributed by atoms with Gasteiger partial charge < -0.3 is 20.1 Å². The van der Waals surface area contributed by atoms with Gasteiger partial charge in [0, 0.05) is 13.1 Å². The number of halogens is 1. The highest BCUT2D eigenvalue weighted by Gasteiger charge is 2.23. The molecule has 1 unspecified atom stereocenters. The molecule has 0 radical (unpaired) electrons. The molecular weight excluding hydrogens is 292 g/mol. The molecule has 1 aliphatic rings. The lowest BCUT2D eigenvalue weighted by atomic mass is 10.2. The van der Waals surface area contributed by atoms with Crippen LogP contribution in [-0.4, -0.2) is 37.3 Å². The molecule has 118 valence electrons. The molecule has 2 N–H and O–H groups in total. The minimum atomic E-state index is -0.452. The van der Waals surface area contributed by atoms with Crippen molar-refractivity contribution in [1.82, 2.24) is 5.32 Å². The second kappa shape index (κ2) is 7.64. The Morgan fingerprint density at radius 1 is 1.38 bits per heavy atom. The van der Waals surface area contributed by atoms with E-state index in [1.165, 1.54) is 0 Å². The van der Waals surface area contributed by atoms with Gasteiger partial charge in [0.05, 0.1) is 12.3 Å². The summed E-state index contributed by atoms with van der Waals surface area (Å²) in [5.74, 6) is 0.513. The van der Waals surface area contributed by atoms with Gasteiger partial charge in [0.2, 0.25) is 0 Å². The number of morpholine rings is 1. The molecule has 1 amide bonds. The number of ether oxygens (including phenoxy) is 2. The average molecular weight is 315 g/mol. The maximum atomic E-state index is 12.2. The van der Waals surface area contributed by atoms with Crippen LogP contribution in [0.3, 0.4) is 0 Å². The molecule has 5 nitrogen and oxygen atoms in total. The van der Waals surface area contributed by atoms with Gasteiger partial charge in [-0.25, -0.2) is 0 Å². The Bertz CT molecular complexity index is 468. The molecule has 0 spiro atoms. The van der Waals surface area contributed by atoms with Crippen LogP contribution in [0.1, 0.15) is 20.8 Å². The fraction of sp³-hybridized carbons (Fsp3) is 0.533. The van der Waals surface area contributed by atoms with Crippen LogP contribution in [0, 0.1) is 0 Å². The Morgan fingerprint density at radius 2 is 2.10 bits per heavy atom. The third-order valence-electron chi connectivity index (χ3n) is 2.78. The topological polar surface area (TPSA) is 59.6 Å². The van der Waals surface area contributed by atoms with Crippen LogP contribution in [0.15, 0.2) is 24.3 Å². The Labute approximate surface area is 131 Å². The molecule has 1 fully saturated rings. The molecule has 0 bridgehead atoms. The third kappa shape index (κ3) is 5.53. The fourth-order valence-corrected chi connectivity index (χ4v) is 1.94. The highest BCUT2D eigenvalue weighted by Crippen LogP contribution is 2.27. The summed E-state index contributed by atoms with van der Waals surface area (Å²) in [4.78, 5) is 12.2. The first-order valence-corrected chi connectivity index (χ1v) is 6.87. The molecule has 2 rings (SSSR count). The molecule has 1 heterocycles. The lowest BCUT2D eigenvalue weighted by molar-refractivity contribution is -0.128. The van der Waals surface area contributed by atoms with Gasteiger partial charge in [-0.2, -0.15) is 0 Å². The van der Waals surface area contributed by atoms with Crippen LogP contribution in [0.2, 0.25) is 0 Å². The minimum Gasteiger partial charge on any atom is -0.486 e. The fourth-order valence-electron chi connectivity index (χ4n) is 1.94. The second-order valence-corrected chi connectivity index (χ2v) is 5.76. The van der Waals surface area contributed by atoms with E-state index in [1.807, 2.05) is 45.0 Å². The van der Waals surface area contributed by atoms with E-state index in [1.54, 1.807) is 0 Å². The minimum absolute atomic E-state index is 0. The predicted molar refractivity (Wildman–Crippen MR) is 85.3 cm³/mol. The first-order valence-electron chi connectivity index (χ1n) is 6.87. The summed E-state index contributed by atoms with van der Waals surface area (Å²) in [5, 5.41) is 6.01. The van der Waals surface area contributed by atoms with Crippen LogP contribution in [0.4, 0.5) is 5.69 Å². The van der Waals surface area contributed by atoms with Crippen molar-refractivity contribution < 1.29 is 14.3 Å². The largest absolute Gasteiger partial charge is 0.486 e. The molecule has 1 atom stereocenters. The monoisotopic (exact) mass is 314 g/mol. The van der Waals surface area contributed by atoms with Crippen LogP contribution in [0.25, 0.3) is 0 Å². The van der Waals surface area contributed by atoms with Gasteiger partial charge in [-0.15, -0.1) is 12.4 Å². The van der Waals surface area contributed by atoms with E-state index < -0.39 is 6.10 Å². The highest BCUT2D eigenvalue weighted by molar-refractivity contribution is 5.95. The van der Waals surface area contributed by atoms with Crippen LogP contribution >= 0.6 is 12.4 Å². The van der Waals surface area contributed by atoms with Gasteiger partial charge in [-0.3, -0.25) is 4.79 Å². The van der Waals surface area contributed by atoms with Gasteiger partial charge in [0.25, 0.3) is 5.91 Å². The van der Waals surface area contributed by atoms with Crippen LogP contribution in [0.5, 0.6) is 5.75 Å².